The summed E-state index contributed by atoms with van der Waals surface area (Å²) in [7, 11) is 0. The smallest absolute Gasteiger partial charge is 0.259 e. The summed E-state index contributed by atoms with van der Waals surface area (Å²) in [6.07, 6.45) is 1.76. The molecular weight excluding hydrogens is 381 g/mol. The van der Waals surface area contributed by atoms with Crippen molar-refractivity contribution >= 4 is 33.5 Å². The maximum Gasteiger partial charge on any atom is 0.259 e. The van der Waals surface area contributed by atoms with Crippen molar-refractivity contribution in [3.63, 3.8) is 0 Å². The number of benzene rings is 1. The molecule has 1 aromatic carbocycles. The number of anilines is 1. The molecule has 4 aromatic rings. The average molecular weight is 397 g/mol. The van der Waals surface area contributed by atoms with E-state index in [1.54, 1.807) is 25.1 Å². The Kier molecular flexibility index (Phi) is 4.82. The number of carbonyl (C=O) groups is 1. The maximum atomic E-state index is 13.2. The van der Waals surface area contributed by atoms with Gasteiger partial charge < -0.3 is 4.52 Å². The molecule has 0 aliphatic carbocycles. The van der Waals surface area contributed by atoms with E-state index in [9.17, 15) is 9.18 Å². The summed E-state index contributed by atoms with van der Waals surface area (Å²) in [6, 6.07) is 7.50. The molecule has 1 amide bonds. The van der Waals surface area contributed by atoms with Crippen LogP contribution in [0.3, 0.4) is 0 Å². The first-order valence-corrected chi connectivity index (χ1v) is 9.53. The summed E-state index contributed by atoms with van der Waals surface area (Å²) in [5.74, 6) is -0.710. The number of nitrogens with one attached hydrogen (secondary N) is 1. The van der Waals surface area contributed by atoms with Crippen LogP contribution in [0, 0.1) is 12.7 Å². The Morgan fingerprint density at radius 1 is 1.25 bits per heavy atom. The Hall–Kier alpha value is -3.20. The standard InChI is InChI=1S/C19H16FN5O2S/c1-3-4-15-23-24-19(28-15)22-17(26)13-9-14(11-5-7-12(20)8-6-11)21-18-16(13)10(2)25-27-18/h5-9H,3-4H2,1-2H3,(H,22,24,26). The number of halogens is 1. The summed E-state index contributed by atoms with van der Waals surface area (Å²) in [4.78, 5) is 17.4. The van der Waals surface area contributed by atoms with Crippen LogP contribution >= 0.6 is 11.3 Å². The van der Waals surface area contributed by atoms with Gasteiger partial charge in [0.05, 0.1) is 22.3 Å². The molecule has 0 atom stereocenters. The van der Waals surface area contributed by atoms with E-state index in [0.29, 0.717) is 33.0 Å². The zero-order chi connectivity index (χ0) is 19.7. The van der Waals surface area contributed by atoms with Crippen LogP contribution in [-0.4, -0.2) is 26.2 Å². The van der Waals surface area contributed by atoms with E-state index in [1.165, 1.54) is 23.5 Å². The SMILES string of the molecule is CCCc1nnc(NC(=O)c2cc(-c3ccc(F)cc3)nc3onc(C)c23)s1. The van der Waals surface area contributed by atoms with Crippen LogP contribution < -0.4 is 5.32 Å². The minimum Gasteiger partial charge on any atom is -0.335 e. The number of aromatic nitrogens is 4. The van der Waals surface area contributed by atoms with Gasteiger partial charge in [-0.05, 0) is 43.7 Å². The zero-order valence-corrected chi connectivity index (χ0v) is 16.0. The first-order chi connectivity index (χ1) is 13.5. The van der Waals surface area contributed by atoms with Gasteiger partial charge in [0.1, 0.15) is 10.8 Å². The van der Waals surface area contributed by atoms with Crippen molar-refractivity contribution in [1.29, 1.82) is 0 Å². The fourth-order valence-corrected chi connectivity index (χ4v) is 3.66. The lowest BCUT2D eigenvalue weighted by atomic mass is 10.1. The Morgan fingerprint density at radius 3 is 2.79 bits per heavy atom. The van der Waals surface area contributed by atoms with Gasteiger partial charge in [0.15, 0.2) is 0 Å². The number of amides is 1. The average Bonchev–Trinajstić information content (AvgIpc) is 3.28. The Labute approximate surface area is 163 Å². The highest BCUT2D eigenvalue weighted by atomic mass is 32.1. The normalized spacial score (nSPS) is 11.1. The minimum atomic E-state index is -0.360. The van der Waals surface area contributed by atoms with Crippen molar-refractivity contribution in [1.82, 2.24) is 20.3 Å². The van der Waals surface area contributed by atoms with Gasteiger partial charge in [0, 0.05) is 12.0 Å². The van der Waals surface area contributed by atoms with E-state index in [1.807, 2.05) is 0 Å². The summed E-state index contributed by atoms with van der Waals surface area (Å²) < 4.78 is 18.5. The summed E-state index contributed by atoms with van der Waals surface area (Å²) in [6.45, 7) is 3.80. The number of carbonyl (C=O) groups excluding carboxylic acids is 1. The van der Waals surface area contributed by atoms with Crippen LogP contribution in [0.2, 0.25) is 0 Å². The fourth-order valence-electron chi connectivity index (χ4n) is 2.83. The molecule has 3 heterocycles. The van der Waals surface area contributed by atoms with E-state index in [-0.39, 0.29) is 17.4 Å². The van der Waals surface area contributed by atoms with Gasteiger partial charge in [-0.25, -0.2) is 9.37 Å². The van der Waals surface area contributed by atoms with Crippen molar-refractivity contribution in [3.8, 4) is 11.3 Å². The molecule has 0 fully saturated rings. The number of hydrogen-bond donors (Lipinski definition) is 1. The monoisotopic (exact) mass is 397 g/mol. The van der Waals surface area contributed by atoms with Crippen molar-refractivity contribution in [2.75, 3.05) is 5.32 Å². The number of rotatable bonds is 5. The quantitative estimate of drug-likeness (QED) is 0.537. The molecule has 9 heteroatoms. The Bertz CT molecular complexity index is 1150. The third kappa shape index (κ3) is 3.48. The van der Waals surface area contributed by atoms with E-state index in [0.717, 1.165) is 17.8 Å². The van der Waals surface area contributed by atoms with Gasteiger partial charge in [-0.15, -0.1) is 10.2 Å². The van der Waals surface area contributed by atoms with E-state index >= 15 is 0 Å². The molecule has 28 heavy (non-hydrogen) atoms. The van der Waals surface area contributed by atoms with Gasteiger partial charge in [-0.2, -0.15) is 0 Å². The largest absolute Gasteiger partial charge is 0.335 e. The highest BCUT2D eigenvalue weighted by molar-refractivity contribution is 7.15. The molecule has 0 saturated heterocycles. The van der Waals surface area contributed by atoms with Gasteiger partial charge >= 0.3 is 0 Å². The first-order valence-electron chi connectivity index (χ1n) is 8.72. The highest BCUT2D eigenvalue weighted by Gasteiger charge is 2.20. The molecule has 1 N–H and O–H groups in total. The molecule has 0 aliphatic rings. The lowest BCUT2D eigenvalue weighted by molar-refractivity contribution is 0.102. The van der Waals surface area contributed by atoms with Crippen molar-refractivity contribution in [3.05, 3.63) is 52.4 Å². The lowest BCUT2D eigenvalue weighted by Crippen LogP contribution is -2.13. The fraction of sp³-hybridized carbons (Fsp3) is 0.211. The van der Waals surface area contributed by atoms with Crippen LogP contribution in [0.5, 0.6) is 0 Å². The van der Waals surface area contributed by atoms with Gasteiger partial charge in [0.25, 0.3) is 11.6 Å². The molecule has 142 valence electrons. The van der Waals surface area contributed by atoms with Crippen LogP contribution in [0.15, 0.2) is 34.9 Å². The highest BCUT2D eigenvalue weighted by Crippen LogP contribution is 2.28. The van der Waals surface area contributed by atoms with Crippen LogP contribution in [-0.2, 0) is 6.42 Å². The predicted molar refractivity (Wildman–Crippen MR) is 104 cm³/mol. The van der Waals surface area contributed by atoms with E-state index in [4.69, 9.17) is 4.52 Å². The Balaban J connectivity index is 1.74. The summed E-state index contributed by atoms with van der Waals surface area (Å²) in [5, 5.41) is 16.6. The third-order valence-electron chi connectivity index (χ3n) is 4.15. The second-order valence-corrected chi connectivity index (χ2v) is 7.28. The van der Waals surface area contributed by atoms with Crippen LogP contribution in [0.25, 0.3) is 22.4 Å². The van der Waals surface area contributed by atoms with E-state index in [2.05, 4.69) is 32.6 Å². The molecule has 0 bridgehead atoms. The molecule has 7 nitrogen and oxygen atoms in total. The maximum absolute atomic E-state index is 13.2. The number of fused-ring (bicyclic) bond motifs is 1. The van der Waals surface area contributed by atoms with Crippen molar-refractivity contribution in [2.24, 2.45) is 0 Å². The molecule has 4 rings (SSSR count). The third-order valence-corrected chi connectivity index (χ3v) is 5.05. The molecular formula is C19H16FN5O2S. The lowest BCUT2D eigenvalue weighted by Gasteiger charge is -2.06. The van der Waals surface area contributed by atoms with Crippen molar-refractivity contribution in [2.45, 2.75) is 26.7 Å². The molecule has 0 unspecified atom stereocenters. The van der Waals surface area contributed by atoms with Crippen LogP contribution in [0.1, 0.15) is 34.4 Å². The molecule has 0 saturated carbocycles. The number of pyridine rings is 1. The molecule has 3 aromatic heterocycles. The summed E-state index contributed by atoms with van der Waals surface area (Å²) in [5.41, 5.74) is 2.30. The second-order valence-electron chi connectivity index (χ2n) is 6.22. The molecule has 0 radical (unpaired) electrons. The Morgan fingerprint density at radius 2 is 2.04 bits per heavy atom. The number of nitrogens with zero attached hydrogens (tertiary/aromatic N) is 4. The van der Waals surface area contributed by atoms with Gasteiger partial charge in [0.2, 0.25) is 5.13 Å². The van der Waals surface area contributed by atoms with Gasteiger partial charge in [-0.3, -0.25) is 10.1 Å². The topological polar surface area (TPSA) is 93.8 Å². The number of hydrogen-bond acceptors (Lipinski definition) is 7. The molecule has 0 aliphatic heterocycles. The van der Waals surface area contributed by atoms with Gasteiger partial charge in [-0.1, -0.05) is 23.4 Å². The first kappa shape index (κ1) is 18.2. The van der Waals surface area contributed by atoms with E-state index < -0.39 is 0 Å². The molecule has 0 spiro atoms. The zero-order valence-electron chi connectivity index (χ0n) is 15.2. The summed E-state index contributed by atoms with van der Waals surface area (Å²) >= 11 is 1.34. The minimum absolute atomic E-state index is 0.244. The van der Waals surface area contributed by atoms with Crippen LogP contribution in [0.4, 0.5) is 9.52 Å². The number of aryl methyl sites for hydroxylation is 2. The predicted octanol–water partition coefficient (Wildman–Crippen LogP) is 4.39. The second kappa shape index (κ2) is 7.43. The van der Waals surface area contributed by atoms with Crippen molar-refractivity contribution < 1.29 is 13.7 Å².